The molecule has 1 aromatic carbocycles. The maximum absolute atomic E-state index is 13.0. The third-order valence-electron chi connectivity index (χ3n) is 5.23. The molecule has 4 rings (SSSR count). The van der Waals surface area contributed by atoms with Crippen molar-refractivity contribution in [2.75, 3.05) is 25.1 Å². The number of methoxy groups -OCH3 is 1. The summed E-state index contributed by atoms with van der Waals surface area (Å²) in [5.74, 6) is -0.351. The van der Waals surface area contributed by atoms with Crippen molar-refractivity contribution < 1.29 is 22.7 Å². The highest BCUT2D eigenvalue weighted by Crippen LogP contribution is 2.33. The lowest BCUT2D eigenvalue weighted by Gasteiger charge is -2.39. The summed E-state index contributed by atoms with van der Waals surface area (Å²) in [6.07, 6.45) is -2.68. The second-order valence-electron chi connectivity index (χ2n) is 7.40. The highest BCUT2D eigenvalue weighted by Gasteiger charge is 2.34. The highest BCUT2D eigenvalue weighted by atomic mass is 19.4. The van der Waals surface area contributed by atoms with E-state index in [1.54, 1.807) is 13.1 Å². The predicted molar refractivity (Wildman–Crippen MR) is 103 cm³/mol. The predicted octanol–water partition coefficient (Wildman–Crippen LogP) is 4.27. The van der Waals surface area contributed by atoms with Gasteiger partial charge in [-0.3, -0.25) is 4.79 Å². The fraction of sp³-hybridized carbons (Fsp3) is 0.333. The van der Waals surface area contributed by atoms with Gasteiger partial charge in [-0.25, -0.2) is 4.98 Å². The first-order valence-electron chi connectivity index (χ1n) is 9.18. The van der Waals surface area contributed by atoms with Gasteiger partial charge in [0.1, 0.15) is 5.69 Å². The summed E-state index contributed by atoms with van der Waals surface area (Å²) in [5, 5.41) is 0. The molecule has 0 radical (unpaired) electrons. The van der Waals surface area contributed by atoms with Gasteiger partial charge >= 0.3 is 12.1 Å². The molecule has 3 aromatic rings. The van der Waals surface area contributed by atoms with Gasteiger partial charge in [-0.2, -0.15) is 13.2 Å². The van der Waals surface area contributed by atoms with Gasteiger partial charge in [-0.1, -0.05) is 0 Å². The average molecular weight is 403 g/mol. The van der Waals surface area contributed by atoms with E-state index in [0.29, 0.717) is 29.7 Å². The normalized spacial score (nSPS) is 14.9. The Bertz CT molecular complexity index is 1100. The molecule has 1 fully saturated rings. The number of pyridine rings is 1. The van der Waals surface area contributed by atoms with Crippen molar-refractivity contribution in [1.82, 2.24) is 9.55 Å². The number of fused-ring (bicyclic) bond motifs is 1. The molecule has 0 amide bonds. The summed E-state index contributed by atoms with van der Waals surface area (Å²) < 4.78 is 45.7. The van der Waals surface area contributed by atoms with Crippen LogP contribution in [-0.2, 0) is 15.7 Å². The van der Waals surface area contributed by atoms with Crippen LogP contribution in [0, 0.1) is 19.8 Å². The molecule has 0 N–H and O–H groups in total. The molecule has 152 valence electrons. The summed E-state index contributed by atoms with van der Waals surface area (Å²) in [6.45, 7) is 4.87. The average Bonchev–Trinajstić information content (AvgIpc) is 2.95. The van der Waals surface area contributed by atoms with E-state index in [9.17, 15) is 18.0 Å². The van der Waals surface area contributed by atoms with Crippen molar-refractivity contribution >= 4 is 22.7 Å². The first-order chi connectivity index (χ1) is 13.7. The van der Waals surface area contributed by atoms with Crippen molar-refractivity contribution in [3.05, 3.63) is 53.3 Å². The standard InChI is InChI=1S/C21H20F3N3O2/c1-12-6-15(26-10-14(11-26)20(28)29-3)8-16(7-12)27-9-13(2)19-17(27)4-5-18(25-19)21(22,23)24/h4-9,14H,10-11H2,1-3H3. The summed E-state index contributed by atoms with van der Waals surface area (Å²) in [4.78, 5) is 17.5. The van der Waals surface area contributed by atoms with Crippen molar-refractivity contribution in [1.29, 1.82) is 0 Å². The van der Waals surface area contributed by atoms with Crippen LogP contribution < -0.4 is 4.90 Å². The maximum atomic E-state index is 13.0. The zero-order chi connectivity index (χ0) is 20.9. The van der Waals surface area contributed by atoms with Gasteiger partial charge in [0.15, 0.2) is 0 Å². The van der Waals surface area contributed by atoms with Crippen LogP contribution in [0.3, 0.4) is 0 Å². The minimum Gasteiger partial charge on any atom is -0.469 e. The summed E-state index contributed by atoms with van der Waals surface area (Å²) in [6, 6.07) is 8.42. The Morgan fingerprint density at radius 3 is 2.48 bits per heavy atom. The Balaban J connectivity index is 1.71. The number of benzene rings is 1. The van der Waals surface area contributed by atoms with E-state index in [-0.39, 0.29) is 11.9 Å². The van der Waals surface area contributed by atoms with Crippen LogP contribution in [0.25, 0.3) is 16.7 Å². The Kier molecular flexibility index (Phi) is 4.52. The number of esters is 1. The Hall–Kier alpha value is -3.03. The van der Waals surface area contributed by atoms with Crippen molar-refractivity contribution in [2.24, 2.45) is 5.92 Å². The number of hydrogen-bond donors (Lipinski definition) is 0. The summed E-state index contributed by atoms with van der Waals surface area (Å²) in [7, 11) is 1.38. The summed E-state index contributed by atoms with van der Waals surface area (Å²) in [5.41, 5.74) is 3.52. The molecular weight excluding hydrogens is 383 g/mol. The molecular formula is C21H20F3N3O2. The van der Waals surface area contributed by atoms with E-state index in [1.165, 1.54) is 13.2 Å². The number of halogens is 3. The fourth-order valence-corrected chi connectivity index (χ4v) is 3.70. The Labute approximate surface area is 165 Å². The van der Waals surface area contributed by atoms with Gasteiger partial charge in [0.25, 0.3) is 0 Å². The van der Waals surface area contributed by atoms with Gasteiger partial charge in [0.05, 0.1) is 24.1 Å². The largest absolute Gasteiger partial charge is 0.469 e. The van der Waals surface area contributed by atoms with Crippen LogP contribution in [0.5, 0.6) is 0 Å². The third-order valence-corrected chi connectivity index (χ3v) is 5.23. The number of carbonyl (C=O) groups is 1. The summed E-state index contributed by atoms with van der Waals surface area (Å²) >= 11 is 0. The topological polar surface area (TPSA) is 47.4 Å². The lowest BCUT2D eigenvalue weighted by atomic mass is 9.99. The first kappa shape index (κ1) is 19.3. The van der Waals surface area contributed by atoms with Gasteiger partial charge in [0, 0.05) is 30.7 Å². The Morgan fingerprint density at radius 2 is 1.83 bits per heavy atom. The molecule has 1 aliphatic heterocycles. The minimum atomic E-state index is -4.48. The molecule has 0 spiro atoms. The van der Waals surface area contributed by atoms with Crippen LogP contribution in [0.2, 0.25) is 0 Å². The lowest BCUT2D eigenvalue weighted by Crippen LogP contribution is -2.50. The second-order valence-corrected chi connectivity index (χ2v) is 7.40. The SMILES string of the molecule is COC(=O)C1CN(c2cc(C)cc(-n3cc(C)c4nc(C(F)(F)F)ccc43)c2)C1. The van der Waals surface area contributed by atoms with E-state index in [4.69, 9.17) is 4.74 Å². The number of hydrogen-bond acceptors (Lipinski definition) is 4. The van der Waals surface area contributed by atoms with Crippen LogP contribution in [-0.4, -0.2) is 35.7 Å². The molecule has 29 heavy (non-hydrogen) atoms. The maximum Gasteiger partial charge on any atom is 0.433 e. The Morgan fingerprint density at radius 1 is 1.14 bits per heavy atom. The lowest BCUT2D eigenvalue weighted by molar-refractivity contribution is -0.146. The molecule has 1 aliphatic rings. The van der Waals surface area contributed by atoms with E-state index in [2.05, 4.69) is 9.88 Å². The van der Waals surface area contributed by atoms with Crippen molar-refractivity contribution in [2.45, 2.75) is 20.0 Å². The van der Waals surface area contributed by atoms with Crippen LogP contribution in [0.15, 0.2) is 36.5 Å². The fourth-order valence-electron chi connectivity index (χ4n) is 3.70. The molecule has 0 atom stereocenters. The molecule has 3 heterocycles. The number of anilines is 1. The number of nitrogens with zero attached hydrogens (tertiary/aromatic N) is 3. The number of carbonyl (C=O) groups excluding carboxylic acids is 1. The minimum absolute atomic E-state index is 0.136. The smallest absolute Gasteiger partial charge is 0.433 e. The molecule has 5 nitrogen and oxygen atoms in total. The molecule has 2 aromatic heterocycles. The van der Waals surface area contributed by atoms with E-state index < -0.39 is 11.9 Å². The van der Waals surface area contributed by atoms with E-state index >= 15 is 0 Å². The van der Waals surface area contributed by atoms with Crippen LogP contribution >= 0.6 is 0 Å². The molecule has 0 bridgehead atoms. The van der Waals surface area contributed by atoms with Gasteiger partial charge in [0.2, 0.25) is 0 Å². The van der Waals surface area contributed by atoms with Crippen molar-refractivity contribution in [3.8, 4) is 5.69 Å². The molecule has 0 unspecified atom stereocenters. The van der Waals surface area contributed by atoms with E-state index in [1.807, 2.05) is 29.7 Å². The molecule has 0 saturated carbocycles. The van der Waals surface area contributed by atoms with Gasteiger partial charge in [-0.15, -0.1) is 0 Å². The molecule has 0 aliphatic carbocycles. The van der Waals surface area contributed by atoms with Gasteiger partial charge < -0.3 is 14.2 Å². The van der Waals surface area contributed by atoms with Crippen molar-refractivity contribution in [3.63, 3.8) is 0 Å². The molecule has 1 saturated heterocycles. The van der Waals surface area contributed by atoms with E-state index in [0.717, 1.165) is 23.0 Å². The zero-order valence-electron chi connectivity index (χ0n) is 16.2. The first-order valence-corrected chi connectivity index (χ1v) is 9.18. The van der Waals surface area contributed by atoms with Gasteiger partial charge in [-0.05, 0) is 55.3 Å². The third kappa shape index (κ3) is 3.43. The second kappa shape index (κ2) is 6.79. The number of aromatic nitrogens is 2. The monoisotopic (exact) mass is 403 g/mol. The quantitative estimate of drug-likeness (QED) is 0.613. The molecule has 8 heteroatoms. The zero-order valence-corrected chi connectivity index (χ0v) is 16.2. The highest BCUT2D eigenvalue weighted by molar-refractivity contribution is 5.82. The van der Waals surface area contributed by atoms with Crippen LogP contribution in [0.4, 0.5) is 18.9 Å². The number of ether oxygens (including phenoxy) is 1. The number of aryl methyl sites for hydroxylation is 2. The van der Waals surface area contributed by atoms with Crippen LogP contribution in [0.1, 0.15) is 16.8 Å². The number of rotatable bonds is 3. The number of alkyl halides is 3.